The Balaban J connectivity index is 1.80. The Kier molecular flexibility index (Phi) is 7.07. The van der Waals surface area contributed by atoms with E-state index >= 15 is 0 Å². The van der Waals surface area contributed by atoms with Gasteiger partial charge in [-0.15, -0.1) is 0 Å². The van der Waals surface area contributed by atoms with Crippen molar-refractivity contribution < 1.29 is 9.53 Å². The number of nitrogens with zero attached hydrogens (tertiary/aromatic N) is 1. The molecular weight excluding hydrogens is 330 g/mol. The van der Waals surface area contributed by atoms with Crippen molar-refractivity contribution in [3.63, 3.8) is 0 Å². The maximum Gasteiger partial charge on any atom is 0.226 e. The molecule has 0 N–H and O–H groups in total. The van der Waals surface area contributed by atoms with E-state index in [-0.39, 0.29) is 5.91 Å². The van der Waals surface area contributed by atoms with Crippen LogP contribution in [-0.2, 0) is 4.79 Å². The summed E-state index contributed by atoms with van der Waals surface area (Å²) in [6.07, 6.45) is 6.56. The number of benzene rings is 1. The smallest absolute Gasteiger partial charge is 0.226 e. The molecule has 116 valence electrons. The number of ether oxygens (including phenoxy) is 1. The molecule has 1 aromatic rings. The molecule has 0 spiro atoms. The van der Waals surface area contributed by atoms with Gasteiger partial charge in [0.2, 0.25) is 5.91 Å². The Morgan fingerprint density at radius 2 is 1.90 bits per heavy atom. The van der Waals surface area contributed by atoms with Crippen molar-refractivity contribution in [3.05, 3.63) is 30.3 Å². The Labute approximate surface area is 135 Å². The molecule has 0 aliphatic heterocycles. The molecule has 1 aliphatic rings. The minimum atomic E-state index is 0.220. The number of hydrogen-bond donors (Lipinski definition) is 0. The molecule has 0 unspecified atom stereocenters. The summed E-state index contributed by atoms with van der Waals surface area (Å²) in [7, 11) is 0. The Morgan fingerprint density at radius 3 is 2.57 bits per heavy atom. The first-order valence-corrected chi connectivity index (χ1v) is 8.96. The summed E-state index contributed by atoms with van der Waals surface area (Å²) in [6.45, 7) is 1.25. The van der Waals surface area contributed by atoms with E-state index in [9.17, 15) is 4.79 Å². The van der Waals surface area contributed by atoms with Crippen LogP contribution in [0.2, 0.25) is 0 Å². The first-order chi connectivity index (χ1) is 10.3. The number of rotatable bonds is 7. The normalized spacial score (nSPS) is 15.7. The van der Waals surface area contributed by atoms with Crippen LogP contribution in [0.5, 0.6) is 5.75 Å². The van der Waals surface area contributed by atoms with Gasteiger partial charge in [-0.1, -0.05) is 53.4 Å². The average molecular weight is 354 g/mol. The zero-order chi connectivity index (χ0) is 14.9. The summed E-state index contributed by atoms with van der Waals surface area (Å²) in [5.41, 5.74) is 0. The number of halogens is 1. The summed E-state index contributed by atoms with van der Waals surface area (Å²) < 4.78 is 5.63. The van der Waals surface area contributed by atoms with Crippen LogP contribution < -0.4 is 4.74 Å². The van der Waals surface area contributed by atoms with Gasteiger partial charge in [0.15, 0.2) is 0 Å². The van der Waals surface area contributed by atoms with Crippen LogP contribution in [0.25, 0.3) is 0 Å². The highest BCUT2D eigenvalue weighted by atomic mass is 79.9. The van der Waals surface area contributed by atoms with Crippen molar-refractivity contribution in [2.24, 2.45) is 0 Å². The molecule has 0 aromatic heterocycles. The summed E-state index contributed by atoms with van der Waals surface area (Å²) in [4.78, 5) is 14.5. The second kappa shape index (κ2) is 9.08. The Bertz CT molecular complexity index is 418. The number of amides is 1. The zero-order valence-corrected chi connectivity index (χ0v) is 14.1. The molecule has 21 heavy (non-hydrogen) atoms. The molecule has 1 amide bonds. The standard InChI is InChI=1S/C17H24BrNO2/c18-12-13-19(15-7-3-1-4-8-15)17(20)11-14-21-16-9-5-2-6-10-16/h2,5-6,9-10,15H,1,3-4,7-8,11-14H2. The molecule has 1 aromatic carbocycles. The molecule has 0 atom stereocenters. The van der Waals surface area contributed by atoms with Gasteiger partial charge in [-0.3, -0.25) is 4.79 Å². The number of hydrogen-bond acceptors (Lipinski definition) is 2. The third-order valence-corrected chi connectivity index (χ3v) is 4.34. The number of carbonyl (C=O) groups is 1. The van der Waals surface area contributed by atoms with E-state index in [1.165, 1.54) is 19.3 Å². The van der Waals surface area contributed by atoms with Crippen LogP contribution in [-0.4, -0.2) is 35.3 Å². The van der Waals surface area contributed by atoms with Crippen LogP contribution in [0.3, 0.4) is 0 Å². The van der Waals surface area contributed by atoms with Crippen molar-refractivity contribution in [1.82, 2.24) is 4.90 Å². The topological polar surface area (TPSA) is 29.5 Å². The highest BCUT2D eigenvalue weighted by molar-refractivity contribution is 9.09. The molecule has 4 heteroatoms. The second-order valence-electron chi connectivity index (χ2n) is 5.48. The Morgan fingerprint density at radius 1 is 1.19 bits per heavy atom. The maximum atomic E-state index is 12.4. The van der Waals surface area contributed by atoms with E-state index in [4.69, 9.17) is 4.74 Å². The van der Waals surface area contributed by atoms with Gasteiger partial charge in [0, 0.05) is 17.9 Å². The van der Waals surface area contributed by atoms with Crippen LogP contribution in [0.15, 0.2) is 30.3 Å². The quantitative estimate of drug-likeness (QED) is 0.693. The fraction of sp³-hybridized carbons (Fsp3) is 0.588. The average Bonchev–Trinajstić information content (AvgIpc) is 2.54. The maximum absolute atomic E-state index is 12.4. The van der Waals surface area contributed by atoms with E-state index in [0.717, 1.165) is 30.5 Å². The fourth-order valence-electron chi connectivity index (χ4n) is 2.91. The minimum Gasteiger partial charge on any atom is -0.493 e. The molecule has 3 nitrogen and oxygen atoms in total. The molecule has 0 saturated heterocycles. The number of para-hydroxylation sites is 1. The van der Waals surface area contributed by atoms with Gasteiger partial charge in [0.25, 0.3) is 0 Å². The monoisotopic (exact) mass is 353 g/mol. The van der Waals surface area contributed by atoms with Gasteiger partial charge in [0.1, 0.15) is 5.75 Å². The fourth-order valence-corrected chi connectivity index (χ4v) is 3.29. The minimum absolute atomic E-state index is 0.220. The van der Waals surface area contributed by atoms with E-state index in [2.05, 4.69) is 20.8 Å². The van der Waals surface area contributed by atoms with E-state index in [1.54, 1.807) is 0 Å². The molecule has 1 aliphatic carbocycles. The first kappa shape index (κ1) is 16.3. The number of carbonyl (C=O) groups excluding carboxylic acids is 1. The van der Waals surface area contributed by atoms with Gasteiger partial charge in [0.05, 0.1) is 13.0 Å². The van der Waals surface area contributed by atoms with E-state index in [0.29, 0.717) is 19.1 Å². The molecule has 0 heterocycles. The highest BCUT2D eigenvalue weighted by Gasteiger charge is 2.24. The van der Waals surface area contributed by atoms with Gasteiger partial charge in [-0.05, 0) is 25.0 Å². The van der Waals surface area contributed by atoms with Crippen LogP contribution in [0, 0.1) is 0 Å². The summed E-state index contributed by atoms with van der Waals surface area (Å²) in [6, 6.07) is 10.1. The molecule has 2 rings (SSSR count). The molecule has 1 saturated carbocycles. The first-order valence-electron chi connectivity index (χ1n) is 7.84. The summed E-state index contributed by atoms with van der Waals surface area (Å²) in [5.74, 6) is 1.05. The third-order valence-electron chi connectivity index (χ3n) is 3.99. The van der Waals surface area contributed by atoms with Crippen LogP contribution >= 0.6 is 15.9 Å². The van der Waals surface area contributed by atoms with Crippen molar-refractivity contribution in [2.45, 2.75) is 44.6 Å². The predicted molar refractivity (Wildman–Crippen MR) is 88.9 cm³/mol. The predicted octanol–water partition coefficient (Wildman–Crippen LogP) is 4.01. The van der Waals surface area contributed by atoms with Crippen LogP contribution in [0.1, 0.15) is 38.5 Å². The van der Waals surface area contributed by atoms with Gasteiger partial charge >= 0.3 is 0 Å². The molecular formula is C17H24BrNO2. The van der Waals surface area contributed by atoms with Crippen molar-refractivity contribution in [3.8, 4) is 5.75 Å². The lowest BCUT2D eigenvalue weighted by atomic mass is 9.94. The lowest BCUT2D eigenvalue weighted by Crippen LogP contribution is -2.43. The summed E-state index contributed by atoms with van der Waals surface area (Å²) >= 11 is 3.46. The molecule has 1 fully saturated rings. The van der Waals surface area contributed by atoms with Crippen molar-refractivity contribution >= 4 is 21.8 Å². The van der Waals surface area contributed by atoms with Crippen molar-refractivity contribution in [2.75, 3.05) is 18.5 Å². The Hall–Kier alpha value is -1.03. The van der Waals surface area contributed by atoms with Crippen molar-refractivity contribution in [1.29, 1.82) is 0 Å². The SMILES string of the molecule is O=C(CCOc1ccccc1)N(CCBr)C1CCCCC1. The summed E-state index contributed by atoms with van der Waals surface area (Å²) in [5, 5.41) is 0.842. The van der Waals surface area contributed by atoms with Crippen LogP contribution in [0.4, 0.5) is 0 Å². The highest BCUT2D eigenvalue weighted by Crippen LogP contribution is 2.23. The molecule has 0 bridgehead atoms. The second-order valence-corrected chi connectivity index (χ2v) is 6.27. The van der Waals surface area contributed by atoms with Gasteiger partial charge in [-0.2, -0.15) is 0 Å². The zero-order valence-electron chi connectivity index (χ0n) is 12.5. The number of alkyl halides is 1. The van der Waals surface area contributed by atoms with Gasteiger partial charge < -0.3 is 9.64 Å². The van der Waals surface area contributed by atoms with E-state index in [1.807, 2.05) is 30.3 Å². The molecule has 0 radical (unpaired) electrons. The van der Waals surface area contributed by atoms with E-state index < -0.39 is 0 Å². The largest absolute Gasteiger partial charge is 0.493 e. The lowest BCUT2D eigenvalue weighted by molar-refractivity contribution is -0.134. The third kappa shape index (κ3) is 5.34. The lowest BCUT2D eigenvalue weighted by Gasteiger charge is -2.34. The van der Waals surface area contributed by atoms with Gasteiger partial charge in [-0.25, -0.2) is 0 Å².